The molecule has 2 aromatic rings. The molecular weight excluding hydrogens is 360 g/mol. The standard InChI is InChI=1S/C17H21ClN4O4/c1-20(8-9-26-12-6-4-11(18)5-7-12)10-13(23)14-15(19)21(2)17(25)22(3)16(14)24/h4-7H,8-10,19H2,1-3H3. The van der Waals surface area contributed by atoms with Crippen molar-refractivity contribution in [3.8, 4) is 5.75 Å². The number of ether oxygens (including phenoxy) is 1. The second-order valence-corrected chi connectivity index (χ2v) is 6.37. The molecule has 0 unspecified atom stereocenters. The summed E-state index contributed by atoms with van der Waals surface area (Å²) >= 11 is 5.81. The molecule has 0 saturated heterocycles. The Morgan fingerprint density at radius 2 is 1.81 bits per heavy atom. The van der Waals surface area contributed by atoms with E-state index in [0.29, 0.717) is 23.9 Å². The number of rotatable bonds is 7. The molecule has 1 aromatic carbocycles. The van der Waals surface area contributed by atoms with Gasteiger partial charge in [0.15, 0.2) is 5.78 Å². The van der Waals surface area contributed by atoms with Crippen molar-refractivity contribution in [2.24, 2.45) is 14.1 Å². The van der Waals surface area contributed by atoms with Gasteiger partial charge in [0.25, 0.3) is 5.56 Å². The molecule has 0 amide bonds. The molecular formula is C17H21ClN4O4. The summed E-state index contributed by atoms with van der Waals surface area (Å²) in [4.78, 5) is 38.2. The number of carbonyl (C=O) groups excluding carboxylic acids is 1. The summed E-state index contributed by atoms with van der Waals surface area (Å²) in [5.74, 6) is 0.0897. The molecule has 0 aliphatic heterocycles. The normalized spacial score (nSPS) is 11.0. The minimum Gasteiger partial charge on any atom is -0.492 e. The highest BCUT2D eigenvalue weighted by Crippen LogP contribution is 2.15. The highest BCUT2D eigenvalue weighted by Gasteiger charge is 2.21. The molecule has 1 heterocycles. The first kappa shape index (κ1) is 19.7. The molecule has 0 spiro atoms. The van der Waals surface area contributed by atoms with E-state index in [1.54, 1.807) is 36.2 Å². The Morgan fingerprint density at radius 1 is 1.19 bits per heavy atom. The summed E-state index contributed by atoms with van der Waals surface area (Å²) in [6, 6.07) is 6.95. The van der Waals surface area contributed by atoms with Gasteiger partial charge in [0.1, 0.15) is 23.7 Å². The molecule has 0 bridgehead atoms. The first-order valence-electron chi connectivity index (χ1n) is 7.88. The molecule has 2 N–H and O–H groups in total. The third kappa shape index (κ3) is 4.33. The number of aromatic nitrogens is 2. The van der Waals surface area contributed by atoms with Crippen LogP contribution in [-0.2, 0) is 14.1 Å². The molecule has 26 heavy (non-hydrogen) atoms. The van der Waals surface area contributed by atoms with Crippen LogP contribution >= 0.6 is 11.6 Å². The monoisotopic (exact) mass is 380 g/mol. The fraction of sp³-hybridized carbons (Fsp3) is 0.353. The van der Waals surface area contributed by atoms with Crippen LogP contribution in [-0.4, -0.2) is 46.6 Å². The molecule has 140 valence electrons. The summed E-state index contributed by atoms with van der Waals surface area (Å²) in [5, 5.41) is 0.622. The highest BCUT2D eigenvalue weighted by atomic mass is 35.5. The largest absolute Gasteiger partial charge is 0.492 e. The van der Waals surface area contributed by atoms with E-state index in [9.17, 15) is 14.4 Å². The lowest BCUT2D eigenvalue weighted by Gasteiger charge is -2.17. The van der Waals surface area contributed by atoms with Gasteiger partial charge in [0.2, 0.25) is 0 Å². The van der Waals surface area contributed by atoms with Crippen LogP contribution in [0.2, 0.25) is 5.02 Å². The van der Waals surface area contributed by atoms with E-state index in [2.05, 4.69) is 0 Å². The van der Waals surface area contributed by atoms with Gasteiger partial charge in [-0.1, -0.05) is 11.6 Å². The minimum atomic E-state index is -0.693. The quantitative estimate of drug-likeness (QED) is 0.703. The summed E-state index contributed by atoms with van der Waals surface area (Å²) in [6.45, 7) is 0.786. The van der Waals surface area contributed by atoms with E-state index in [-0.39, 0.29) is 17.9 Å². The Labute approximate surface area is 155 Å². The van der Waals surface area contributed by atoms with Crippen LogP contribution in [0.15, 0.2) is 33.9 Å². The number of benzene rings is 1. The Bertz CT molecular complexity index is 918. The molecule has 1 aromatic heterocycles. The van der Waals surface area contributed by atoms with Crippen LogP contribution < -0.4 is 21.7 Å². The van der Waals surface area contributed by atoms with Crippen molar-refractivity contribution in [2.75, 3.05) is 32.5 Å². The first-order chi connectivity index (χ1) is 12.2. The Morgan fingerprint density at radius 3 is 2.42 bits per heavy atom. The molecule has 0 saturated carbocycles. The number of Topliss-reactive ketones (excluding diaryl/α,β-unsaturated/α-hetero) is 1. The number of nitrogens with two attached hydrogens (primary N) is 1. The van der Waals surface area contributed by atoms with Crippen molar-refractivity contribution in [2.45, 2.75) is 0 Å². The Hall–Kier alpha value is -2.58. The third-order valence-corrected chi connectivity index (χ3v) is 4.21. The zero-order valence-corrected chi connectivity index (χ0v) is 15.6. The maximum Gasteiger partial charge on any atom is 0.332 e. The number of carbonyl (C=O) groups is 1. The number of anilines is 1. The van der Waals surface area contributed by atoms with Crippen molar-refractivity contribution < 1.29 is 9.53 Å². The van der Waals surface area contributed by atoms with Crippen LogP contribution in [0.1, 0.15) is 10.4 Å². The van der Waals surface area contributed by atoms with Crippen molar-refractivity contribution in [1.29, 1.82) is 0 Å². The molecule has 2 rings (SSSR count). The predicted molar refractivity (Wildman–Crippen MR) is 100 cm³/mol. The van der Waals surface area contributed by atoms with Crippen LogP contribution in [0.25, 0.3) is 0 Å². The van der Waals surface area contributed by atoms with Crippen molar-refractivity contribution >= 4 is 23.2 Å². The molecule has 0 radical (unpaired) electrons. The molecule has 0 aliphatic carbocycles. The maximum atomic E-state index is 12.5. The number of hydrogen-bond acceptors (Lipinski definition) is 6. The van der Waals surface area contributed by atoms with Gasteiger partial charge in [0, 0.05) is 25.7 Å². The smallest absolute Gasteiger partial charge is 0.332 e. The van der Waals surface area contributed by atoms with Gasteiger partial charge in [-0.3, -0.25) is 23.6 Å². The topological polar surface area (TPSA) is 99.6 Å². The zero-order chi connectivity index (χ0) is 19.4. The molecule has 0 fully saturated rings. The molecule has 8 nitrogen and oxygen atoms in total. The van der Waals surface area contributed by atoms with Crippen LogP contribution in [0.5, 0.6) is 5.75 Å². The second kappa shape index (κ2) is 8.20. The lowest BCUT2D eigenvalue weighted by molar-refractivity contribution is 0.0936. The van der Waals surface area contributed by atoms with Gasteiger partial charge >= 0.3 is 5.69 Å². The van der Waals surface area contributed by atoms with Crippen molar-refractivity contribution in [3.05, 3.63) is 55.7 Å². The summed E-state index contributed by atoms with van der Waals surface area (Å²) in [6.07, 6.45) is 0. The second-order valence-electron chi connectivity index (χ2n) is 5.93. The summed E-state index contributed by atoms with van der Waals surface area (Å²) in [7, 11) is 4.45. The third-order valence-electron chi connectivity index (χ3n) is 3.96. The fourth-order valence-electron chi connectivity index (χ4n) is 2.38. The summed E-state index contributed by atoms with van der Waals surface area (Å²) < 4.78 is 7.52. The lowest BCUT2D eigenvalue weighted by atomic mass is 10.2. The van der Waals surface area contributed by atoms with Gasteiger partial charge in [-0.2, -0.15) is 0 Å². The van der Waals surface area contributed by atoms with E-state index >= 15 is 0 Å². The maximum absolute atomic E-state index is 12.5. The number of likely N-dealkylation sites (N-methyl/N-ethyl adjacent to an activating group) is 1. The highest BCUT2D eigenvalue weighted by molar-refractivity contribution is 6.30. The average Bonchev–Trinajstić information content (AvgIpc) is 2.60. The lowest BCUT2D eigenvalue weighted by Crippen LogP contribution is -2.43. The molecule has 0 atom stereocenters. The number of nitrogen functional groups attached to an aromatic ring is 1. The number of ketones is 1. The Kier molecular flexibility index (Phi) is 6.23. The van der Waals surface area contributed by atoms with Gasteiger partial charge in [-0.05, 0) is 31.3 Å². The molecule has 0 aliphatic rings. The SMILES string of the molecule is CN(CCOc1ccc(Cl)cc1)CC(=O)c1c(N)n(C)c(=O)n(C)c1=O. The molecule has 9 heteroatoms. The Balaban J connectivity index is 2.00. The minimum absolute atomic E-state index is 0.0262. The predicted octanol–water partition coefficient (Wildman–Crippen LogP) is 0.513. The van der Waals surface area contributed by atoms with Gasteiger partial charge in [-0.25, -0.2) is 4.79 Å². The van der Waals surface area contributed by atoms with Gasteiger partial charge in [-0.15, -0.1) is 0 Å². The summed E-state index contributed by atoms with van der Waals surface area (Å²) in [5.41, 5.74) is 4.34. The number of halogens is 1. The van der Waals surface area contributed by atoms with E-state index < -0.39 is 17.0 Å². The van der Waals surface area contributed by atoms with Gasteiger partial charge in [0.05, 0.1) is 6.54 Å². The zero-order valence-electron chi connectivity index (χ0n) is 14.9. The average molecular weight is 381 g/mol. The van der Waals surface area contributed by atoms with E-state index in [1.165, 1.54) is 14.1 Å². The van der Waals surface area contributed by atoms with Crippen molar-refractivity contribution in [1.82, 2.24) is 14.0 Å². The first-order valence-corrected chi connectivity index (χ1v) is 8.25. The van der Waals surface area contributed by atoms with Crippen molar-refractivity contribution in [3.63, 3.8) is 0 Å². The van der Waals surface area contributed by atoms with E-state index in [0.717, 1.165) is 9.13 Å². The van der Waals surface area contributed by atoms with Crippen LogP contribution in [0.4, 0.5) is 5.82 Å². The van der Waals surface area contributed by atoms with Gasteiger partial charge < -0.3 is 10.5 Å². The number of hydrogen-bond donors (Lipinski definition) is 1. The van der Waals surface area contributed by atoms with Crippen LogP contribution in [0.3, 0.4) is 0 Å². The fourth-order valence-corrected chi connectivity index (χ4v) is 2.50. The van der Waals surface area contributed by atoms with E-state index in [4.69, 9.17) is 22.1 Å². The number of nitrogens with zero attached hydrogens (tertiary/aromatic N) is 3. The van der Waals surface area contributed by atoms with E-state index in [1.807, 2.05) is 0 Å². The van der Waals surface area contributed by atoms with Crippen LogP contribution in [0, 0.1) is 0 Å².